The summed E-state index contributed by atoms with van der Waals surface area (Å²) >= 11 is 0. The predicted molar refractivity (Wildman–Crippen MR) is 80.5 cm³/mol. The van der Waals surface area contributed by atoms with Gasteiger partial charge in [-0.05, 0) is 30.9 Å². The van der Waals surface area contributed by atoms with Crippen molar-refractivity contribution >= 4 is 5.91 Å². The smallest absolute Gasteiger partial charge is 0.219 e. The zero-order chi connectivity index (χ0) is 14.8. The highest BCUT2D eigenvalue weighted by Crippen LogP contribution is 2.22. The number of pyridine rings is 1. The summed E-state index contributed by atoms with van der Waals surface area (Å²) in [5.74, 6) is 0.692. The van der Waals surface area contributed by atoms with Crippen LogP contribution in [0.2, 0.25) is 0 Å². The van der Waals surface area contributed by atoms with Crippen LogP contribution in [-0.4, -0.2) is 38.4 Å². The van der Waals surface area contributed by atoms with Crippen LogP contribution in [0.25, 0.3) is 11.4 Å². The fourth-order valence-corrected chi connectivity index (χ4v) is 2.92. The third kappa shape index (κ3) is 2.96. The quantitative estimate of drug-likeness (QED) is 0.865. The number of likely N-dealkylation sites (tertiary alicyclic amines) is 1. The van der Waals surface area contributed by atoms with Crippen molar-refractivity contribution in [3.8, 4) is 11.4 Å². The summed E-state index contributed by atoms with van der Waals surface area (Å²) in [6, 6.07) is 6.12. The van der Waals surface area contributed by atoms with E-state index < -0.39 is 0 Å². The van der Waals surface area contributed by atoms with E-state index in [1.165, 1.54) is 0 Å². The summed E-state index contributed by atoms with van der Waals surface area (Å²) in [7, 11) is 1.97. The van der Waals surface area contributed by atoms with Crippen LogP contribution in [0.1, 0.15) is 19.0 Å². The van der Waals surface area contributed by atoms with E-state index >= 15 is 0 Å². The van der Waals surface area contributed by atoms with Gasteiger partial charge in [-0.15, -0.1) is 0 Å². The summed E-state index contributed by atoms with van der Waals surface area (Å²) in [5.41, 5.74) is 3.06. The first-order valence-corrected chi connectivity index (χ1v) is 7.31. The summed E-state index contributed by atoms with van der Waals surface area (Å²) < 4.78 is 1.97. The van der Waals surface area contributed by atoms with Gasteiger partial charge in [-0.3, -0.25) is 9.78 Å². The van der Waals surface area contributed by atoms with Gasteiger partial charge in [0.1, 0.15) is 0 Å². The van der Waals surface area contributed by atoms with E-state index in [2.05, 4.69) is 11.1 Å². The second-order valence-corrected chi connectivity index (χ2v) is 5.73. The van der Waals surface area contributed by atoms with Gasteiger partial charge in [-0.25, -0.2) is 4.98 Å². The van der Waals surface area contributed by atoms with E-state index in [9.17, 15) is 4.79 Å². The van der Waals surface area contributed by atoms with Crippen molar-refractivity contribution in [1.82, 2.24) is 19.4 Å². The molecule has 5 heteroatoms. The summed E-state index contributed by atoms with van der Waals surface area (Å²) in [4.78, 5) is 22.2. The van der Waals surface area contributed by atoms with Crippen LogP contribution in [-0.2, 0) is 18.3 Å². The highest BCUT2D eigenvalue weighted by molar-refractivity contribution is 5.73. The number of hydrogen-bond donors (Lipinski definition) is 0. The Morgan fingerprint density at radius 3 is 2.95 bits per heavy atom. The lowest BCUT2D eigenvalue weighted by molar-refractivity contribution is -0.127. The molecule has 0 spiro atoms. The molecular formula is C16H20N4O. The SMILES string of the molecule is CC(=O)N1CC[C@H](Cc2cccc(-c3cncn3C)n2)C1. The van der Waals surface area contributed by atoms with Crippen LogP contribution in [0.15, 0.2) is 30.7 Å². The fourth-order valence-electron chi connectivity index (χ4n) is 2.92. The van der Waals surface area contributed by atoms with Crippen LogP contribution in [0.4, 0.5) is 0 Å². The molecule has 5 nitrogen and oxygen atoms in total. The molecule has 3 rings (SSSR count). The van der Waals surface area contributed by atoms with Gasteiger partial charge in [0.2, 0.25) is 5.91 Å². The minimum Gasteiger partial charge on any atom is -0.343 e. The molecule has 3 heterocycles. The van der Waals surface area contributed by atoms with Crippen molar-refractivity contribution in [1.29, 1.82) is 0 Å². The number of aromatic nitrogens is 3. The molecular weight excluding hydrogens is 264 g/mol. The van der Waals surface area contributed by atoms with E-state index in [1.54, 1.807) is 13.3 Å². The lowest BCUT2D eigenvalue weighted by Crippen LogP contribution is -2.26. The normalized spacial score (nSPS) is 18.2. The molecule has 110 valence electrons. The summed E-state index contributed by atoms with van der Waals surface area (Å²) in [6.07, 6.45) is 5.61. The number of nitrogens with zero attached hydrogens (tertiary/aromatic N) is 4. The molecule has 2 aromatic heterocycles. The summed E-state index contributed by atoms with van der Waals surface area (Å²) in [5, 5.41) is 0. The topological polar surface area (TPSA) is 51.0 Å². The second kappa shape index (κ2) is 5.68. The molecule has 1 amide bonds. The van der Waals surface area contributed by atoms with Crippen molar-refractivity contribution in [3.63, 3.8) is 0 Å². The van der Waals surface area contributed by atoms with E-state index in [4.69, 9.17) is 4.98 Å². The van der Waals surface area contributed by atoms with Crippen LogP contribution in [0, 0.1) is 5.92 Å². The number of carbonyl (C=O) groups excluding carboxylic acids is 1. The number of rotatable bonds is 3. The molecule has 1 saturated heterocycles. The van der Waals surface area contributed by atoms with Gasteiger partial charge in [-0.1, -0.05) is 6.07 Å². The molecule has 0 aromatic carbocycles. The van der Waals surface area contributed by atoms with Crippen LogP contribution < -0.4 is 0 Å². The Morgan fingerprint density at radius 1 is 1.43 bits per heavy atom. The largest absolute Gasteiger partial charge is 0.343 e. The highest BCUT2D eigenvalue weighted by Gasteiger charge is 2.24. The van der Waals surface area contributed by atoms with Crippen LogP contribution >= 0.6 is 0 Å². The minimum atomic E-state index is 0.175. The van der Waals surface area contributed by atoms with Crippen molar-refractivity contribution in [2.24, 2.45) is 13.0 Å². The first kappa shape index (κ1) is 13.8. The number of hydrogen-bond acceptors (Lipinski definition) is 3. The van der Waals surface area contributed by atoms with Crippen LogP contribution in [0.3, 0.4) is 0 Å². The maximum Gasteiger partial charge on any atom is 0.219 e. The van der Waals surface area contributed by atoms with Gasteiger partial charge < -0.3 is 9.47 Å². The van der Waals surface area contributed by atoms with E-state index in [0.717, 1.165) is 43.0 Å². The van der Waals surface area contributed by atoms with Crippen molar-refractivity contribution < 1.29 is 4.79 Å². The molecule has 21 heavy (non-hydrogen) atoms. The Morgan fingerprint density at radius 2 is 2.29 bits per heavy atom. The van der Waals surface area contributed by atoms with E-state index in [1.807, 2.05) is 34.8 Å². The molecule has 0 bridgehead atoms. The molecule has 0 unspecified atom stereocenters. The molecule has 1 fully saturated rings. The van der Waals surface area contributed by atoms with Gasteiger partial charge >= 0.3 is 0 Å². The molecule has 0 saturated carbocycles. The Hall–Kier alpha value is -2.17. The van der Waals surface area contributed by atoms with Crippen molar-refractivity contribution in [2.75, 3.05) is 13.1 Å². The lowest BCUT2D eigenvalue weighted by atomic mass is 10.0. The third-order valence-electron chi connectivity index (χ3n) is 4.11. The average Bonchev–Trinajstić information content (AvgIpc) is 3.08. The van der Waals surface area contributed by atoms with Crippen molar-refractivity contribution in [3.05, 3.63) is 36.4 Å². The zero-order valence-electron chi connectivity index (χ0n) is 12.5. The van der Waals surface area contributed by atoms with Gasteiger partial charge in [0.15, 0.2) is 0 Å². The van der Waals surface area contributed by atoms with Gasteiger partial charge in [0.05, 0.1) is 23.9 Å². The van der Waals surface area contributed by atoms with Crippen LogP contribution in [0.5, 0.6) is 0 Å². The zero-order valence-corrected chi connectivity index (χ0v) is 12.5. The third-order valence-corrected chi connectivity index (χ3v) is 4.11. The van der Waals surface area contributed by atoms with Gasteiger partial charge in [0.25, 0.3) is 0 Å². The average molecular weight is 284 g/mol. The molecule has 0 aliphatic carbocycles. The number of amides is 1. The molecule has 0 radical (unpaired) electrons. The molecule has 1 aliphatic heterocycles. The predicted octanol–water partition coefficient (Wildman–Crippen LogP) is 1.89. The Bertz CT molecular complexity index is 649. The lowest BCUT2D eigenvalue weighted by Gasteiger charge is -2.14. The van der Waals surface area contributed by atoms with E-state index in [0.29, 0.717) is 5.92 Å². The highest BCUT2D eigenvalue weighted by atomic mass is 16.2. The Labute approximate surface area is 124 Å². The first-order chi connectivity index (χ1) is 10.1. The molecule has 1 atom stereocenters. The number of imidazole rings is 1. The summed E-state index contributed by atoms with van der Waals surface area (Å²) in [6.45, 7) is 3.37. The maximum atomic E-state index is 11.4. The number of carbonyl (C=O) groups is 1. The van der Waals surface area contributed by atoms with Crippen molar-refractivity contribution in [2.45, 2.75) is 19.8 Å². The standard InChI is InChI=1S/C16H20N4O/c1-12(21)20-7-6-13(10-20)8-14-4-3-5-15(18-14)16-9-17-11-19(16)2/h3-5,9,11,13H,6-8,10H2,1-2H3/t13-/m1/s1. The molecule has 0 N–H and O–H groups in total. The first-order valence-electron chi connectivity index (χ1n) is 7.31. The second-order valence-electron chi connectivity index (χ2n) is 5.73. The maximum absolute atomic E-state index is 11.4. The molecule has 1 aliphatic rings. The van der Waals surface area contributed by atoms with Gasteiger partial charge in [-0.2, -0.15) is 0 Å². The van der Waals surface area contributed by atoms with E-state index in [-0.39, 0.29) is 5.91 Å². The fraction of sp³-hybridized carbons (Fsp3) is 0.438. The van der Waals surface area contributed by atoms with Gasteiger partial charge in [0, 0.05) is 32.8 Å². The monoisotopic (exact) mass is 284 g/mol. The Kier molecular flexibility index (Phi) is 3.73. The number of aryl methyl sites for hydroxylation is 1. The molecule has 2 aromatic rings. The Balaban J connectivity index is 1.73. The minimum absolute atomic E-state index is 0.175.